The van der Waals surface area contributed by atoms with Crippen molar-refractivity contribution in [2.75, 3.05) is 11.9 Å². The minimum Gasteiger partial charge on any atom is -0.337 e. The minimum absolute atomic E-state index is 0.0360. The van der Waals surface area contributed by atoms with E-state index in [0.717, 1.165) is 4.90 Å². The summed E-state index contributed by atoms with van der Waals surface area (Å²) in [7, 11) is 0. The summed E-state index contributed by atoms with van der Waals surface area (Å²) in [5.74, 6) is -9.09. The van der Waals surface area contributed by atoms with Gasteiger partial charge in [0.15, 0.2) is 17.5 Å². The van der Waals surface area contributed by atoms with Gasteiger partial charge in [-0.1, -0.05) is 0 Å². The molecule has 3 N–H and O–H groups in total. The molecule has 4 rings (SSSR count). The highest BCUT2D eigenvalue weighted by Crippen LogP contribution is 2.47. The molecular formula is C21H21F5N6O3. The molecule has 2 aromatic rings. The molecule has 188 valence electrons. The summed E-state index contributed by atoms with van der Waals surface area (Å²) in [6, 6.07) is 0.489. The highest BCUT2D eigenvalue weighted by atomic mass is 19.3. The van der Waals surface area contributed by atoms with E-state index in [0.29, 0.717) is 12.1 Å². The van der Waals surface area contributed by atoms with E-state index in [9.17, 15) is 36.3 Å². The van der Waals surface area contributed by atoms with E-state index in [1.807, 2.05) is 0 Å². The lowest BCUT2D eigenvalue weighted by Gasteiger charge is -2.46. The second-order valence-electron chi connectivity index (χ2n) is 8.77. The third-order valence-electron chi connectivity index (χ3n) is 6.63. The third kappa shape index (κ3) is 4.56. The van der Waals surface area contributed by atoms with Gasteiger partial charge in [0.2, 0.25) is 12.3 Å². The first-order valence-electron chi connectivity index (χ1n) is 10.8. The zero-order valence-corrected chi connectivity index (χ0v) is 18.3. The smallest absolute Gasteiger partial charge is 0.312 e. The van der Waals surface area contributed by atoms with Crippen LogP contribution in [0.1, 0.15) is 31.9 Å². The van der Waals surface area contributed by atoms with Crippen LogP contribution in [0.15, 0.2) is 18.3 Å². The van der Waals surface area contributed by atoms with Crippen LogP contribution in [0.2, 0.25) is 0 Å². The molecule has 3 amide bonds. The van der Waals surface area contributed by atoms with Gasteiger partial charge >= 0.3 is 11.8 Å². The number of likely N-dealkylation sites (tertiary alicyclic amines) is 1. The second-order valence-corrected chi connectivity index (χ2v) is 8.77. The molecule has 1 aliphatic carbocycles. The van der Waals surface area contributed by atoms with Gasteiger partial charge in [0, 0.05) is 36.3 Å². The molecule has 9 nitrogen and oxygen atoms in total. The molecule has 1 aromatic carbocycles. The van der Waals surface area contributed by atoms with Crippen molar-refractivity contribution in [2.45, 2.75) is 44.2 Å². The van der Waals surface area contributed by atoms with Gasteiger partial charge in [-0.2, -0.15) is 15.4 Å². The Kier molecular flexibility index (Phi) is 6.47. The Balaban J connectivity index is 1.41. The van der Waals surface area contributed by atoms with Gasteiger partial charge in [-0.3, -0.25) is 14.4 Å². The zero-order chi connectivity index (χ0) is 25.5. The molecule has 2 aliphatic rings. The highest BCUT2D eigenvalue weighted by molar-refractivity contribution is 6.35. The normalized spacial score (nSPS) is 25.9. The van der Waals surface area contributed by atoms with Gasteiger partial charge in [-0.25, -0.2) is 22.0 Å². The topological polar surface area (TPSA) is 120 Å². The summed E-state index contributed by atoms with van der Waals surface area (Å²) in [6.45, 7) is 1.56. The van der Waals surface area contributed by atoms with E-state index in [1.165, 1.54) is 13.1 Å². The number of halogens is 5. The molecule has 0 radical (unpaired) electrons. The number of nitrogens with one attached hydrogen (secondary N) is 3. The summed E-state index contributed by atoms with van der Waals surface area (Å²) in [4.78, 5) is 39.4. The molecule has 2 heterocycles. The average Bonchev–Trinajstić information content (AvgIpc) is 3.43. The Bertz CT molecular complexity index is 1120. The maximum Gasteiger partial charge on any atom is 0.312 e. The van der Waals surface area contributed by atoms with Gasteiger partial charge in [0.1, 0.15) is 5.69 Å². The maximum absolute atomic E-state index is 13.4. The van der Waals surface area contributed by atoms with E-state index >= 15 is 0 Å². The number of amides is 3. The predicted molar refractivity (Wildman–Crippen MR) is 109 cm³/mol. The highest BCUT2D eigenvalue weighted by Gasteiger charge is 2.53. The molecule has 1 aliphatic heterocycles. The molecular weight excluding hydrogens is 479 g/mol. The van der Waals surface area contributed by atoms with Gasteiger partial charge in [-0.15, -0.1) is 0 Å². The van der Waals surface area contributed by atoms with Crippen molar-refractivity contribution in [1.82, 2.24) is 25.6 Å². The van der Waals surface area contributed by atoms with Crippen LogP contribution in [-0.4, -0.2) is 57.0 Å². The van der Waals surface area contributed by atoms with Gasteiger partial charge < -0.3 is 15.5 Å². The van der Waals surface area contributed by atoms with Gasteiger partial charge in [-0.05, 0) is 26.2 Å². The van der Waals surface area contributed by atoms with Crippen LogP contribution >= 0.6 is 0 Å². The van der Waals surface area contributed by atoms with Crippen LogP contribution in [0.25, 0.3) is 0 Å². The number of hydrogen-bond acceptors (Lipinski definition) is 5. The van der Waals surface area contributed by atoms with E-state index in [2.05, 4.69) is 26.0 Å². The van der Waals surface area contributed by atoms with Crippen molar-refractivity contribution in [3.8, 4) is 0 Å². The second kappa shape index (κ2) is 9.23. The van der Waals surface area contributed by atoms with Crippen molar-refractivity contribution in [3.63, 3.8) is 0 Å². The molecule has 0 unspecified atom stereocenters. The maximum atomic E-state index is 13.4. The molecule has 0 spiro atoms. The number of anilines is 1. The number of carbonyl (C=O) groups excluding carboxylic acids is 3. The Morgan fingerprint density at radius 2 is 1.83 bits per heavy atom. The molecule has 1 aromatic heterocycles. The first-order chi connectivity index (χ1) is 16.5. The Hall–Kier alpha value is -3.58. The van der Waals surface area contributed by atoms with E-state index in [4.69, 9.17) is 0 Å². The molecule has 14 heteroatoms. The molecule has 1 saturated carbocycles. The number of H-pyrrole nitrogens is 1. The summed E-state index contributed by atoms with van der Waals surface area (Å²) >= 11 is 0. The van der Waals surface area contributed by atoms with Gasteiger partial charge in [0.05, 0.1) is 17.7 Å². The summed E-state index contributed by atoms with van der Waals surface area (Å²) in [6.07, 6.45) is -1.40. The van der Waals surface area contributed by atoms with E-state index in [-0.39, 0.29) is 37.2 Å². The monoisotopic (exact) mass is 500 g/mol. The summed E-state index contributed by atoms with van der Waals surface area (Å²) in [5, 5.41) is 14.7. The van der Waals surface area contributed by atoms with Crippen molar-refractivity contribution in [1.29, 1.82) is 0 Å². The zero-order valence-electron chi connectivity index (χ0n) is 18.3. The van der Waals surface area contributed by atoms with Crippen LogP contribution in [0.3, 0.4) is 0 Å². The van der Waals surface area contributed by atoms with Crippen molar-refractivity contribution in [3.05, 3.63) is 41.5 Å². The molecule has 35 heavy (non-hydrogen) atoms. The van der Waals surface area contributed by atoms with Crippen LogP contribution in [-0.2, 0) is 19.9 Å². The first-order valence-corrected chi connectivity index (χ1v) is 10.8. The summed E-state index contributed by atoms with van der Waals surface area (Å²) < 4.78 is 66.1. The Morgan fingerprint density at radius 1 is 1.17 bits per heavy atom. The number of aromatic amines is 1. The van der Waals surface area contributed by atoms with Crippen LogP contribution < -0.4 is 10.6 Å². The average molecular weight is 500 g/mol. The molecule has 2 atom stereocenters. The third-order valence-corrected chi connectivity index (χ3v) is 6.63. The largest absolute Gasteiger partial charge is 0.337 e. The quantitative estimate of drug-likeness (QED) is 0.330. The number of benzene rings is 1. The molecule has 1 saturated heterocycles. The fraction of sp³-hybridized carbons (Fsp3) is 0.476. The van der Waals surface area contributed by atoms with Crippen molar-refractivity contribution in [2.24, 2.45) is 11.8 Å². The predicted octanol–water partition coefficient (Wildman–Crippen LogP) is 2.08. The number of alkyl halides is 2. The summed E-state index contributed by atoms with van der Waals surface area (Å²) in [5.41, 5.74) is -1.34. The fourth-order valence-electron chi connectivity index (χ4n) is 4.66. The molecule has 0 bridgehead atoms. The van der Waals surface area contributed by atoms with Crippen LogP contribution in [0.4, 0.5) is 27.6 Å². The first kappa shape index (κ1) is 24.5. The van der Waals surface area contributed by atoms with E-state index in [1.54, 1.807) is 0 Å². The SMILES string of the molecule is C[C@H]1[C@H](C(=O)Nc2cc(F)c(F)c(F)c2)CCN1C(=O)C(=O)NC1(c2cn[nH]n2)CC(C(F)F)C1. The lowest BCUT2D eigenvalue weighted by Crippen LogP contribution is -2.59. The molecule has 2 fully saturated rings. The van der Waals surface area contributed by atoms with Crippen LogP contribution in [0, 0.1) is 29.3 Å². The van der Waals surface area contributed by atoms with Gasteiger partial charge in [0.25, 0.3) is 0 Å². The number of carbonyl (C=O) groups is 3. The standard InChI is InChI=1S/C21H21F5N6O3/c1-9-12(18(33)28-11-4-13(22)16(24)14(23)5-11)2-3-32(9)20(35)19(34)29-21(15-8-27-31-30-15)6-10(7-21)17(25)26/h4-5,8-10,12,17H,2-3,6-7H2,1H3,(H,28,33)(H,29,34)(H,27,30,31)/t9-,10?,12+,21?/m0/s1. The Morgan fingerprint density at radius 3 is 2.40 bits per heavy atom. The number of aromatic nitrogens is 3. The number of rotatable bonds is 5. The van der Waals surface area contributed by atoms with Crippen LogP contribution in [0.5, 0.6) is 0 Å². The lowest BCUT2D eigenvalue weighted by atomic mass is 9.66. The number of hydrogen-bond donors (Lipinski definition) is 3. The lowest BCUT2D eigenvalue weighted by molar-refractivity contribution is -0.149. The van der Waals surface area contributed by atoms with E-state index < -0.39 is 65.0 Å². The Labute approximate surface area is 195 Å². The number of nitrogens with zero attached hydrogens (tertiary/aromatic N) is 3. The minimum atomic E-state index is -2.59. The van der Waals surface area contributed by atoms with Crippen molar-refractivity contribution >= 4 is 23.4 Å². The van der Waals surface area contributed by atoms with Crippen molar-refractivity contribution < 1.29 is 36.3 Å². The fourth-order valence-corrected chi connectivity index (χ4v) is 4.66.